The first-order valence-corrected chi connectivity index (χ1v) is 7.69. The second-order valence-corrected chi connectivity index (χ2v) is 5.40. The molecule has 0 unspecified atom stereocenters. The molecule has 4 heteroatoms. The van der Waals surface area contributed by atoms with Crippen LogP contribution in [0.25, 0.3) is 0 Å². The van der Waals surface area contributed by atoms with Crippen molar-refractivity contribution < 1.29 is 9.53 Å². The normalized spacial score (nSPS) is 10.7. The maximum Gasteiger partial charge on any atom is 0.244 e. The lowest BCUT2D eigenvalue weighted by molar-refractivity contribution is -0.120. The van der Waals surface area contributed by atoms with Gasteiger partial charge in [0.2, 0.25) is 5.91 Å². The van der Waals surface area contributed by atoms with Gasteiger partial charge in [-0.15, -0.1) is 0 Å². The molecule has 0 aliphatic carbocycles. The highest BCUT2D eigenvalue weighted by atomic mass is 16.5. The molecule has 0 fully saturated rings. The largest absolute Gasteiger partial charge is 0.494 e. The Morgan fingerprint density at radius 2 is 1.91 bits per heavy atom. The van der Waals surface area contributed by atoms with Gasteiger partial charge >= 0.3 is 0 Å². The van der Waals surface area contributed by atoms with E-state index >= 15 is 0 Å². The average molecular weight is 310 g/mol. The molecule has 0 heterocycles. The first kappa shape index (κ1) is 16.7. The first-order valence-electron chi connectivity index (χ1n) is 7.69. The molecule has 23 heavy (non-hydrogen) atoms. The fourth-order valence-electron chi connectivity index (χ4n) is 2.25. The molecule has 2 aromatic carbocycles. The summed E-state index contributed by atoms with van der Waals surface area (Å²) in [6.45, 7) is 6.64. The van der Waals surface area contributed by atoms with Crippen molar-refractivity contribution >= 4 is 12.1 Å². The van der Waals surface area contributed by atoms with Gasteiger partial charge in [0.1, 0.15) is 5.75 Å². The third kappa shape index (κ3) is 5.25. The van der Waals surface area contributed by atoms with Crippen molar-refractivity contribution in [2.75, 3.05) is 6.61 Å². The Morgan fingerprint density at radius 1 is 1.17 bits per heavy atom. The summed E-state index contributed by atoms with van der Waals surface area (Å²) in [5.41, 5.74) is 6.80. The smallest absolute Gasteiger partial charge is 0.244 e. The number of carbonyl (C=O) groups excluding carboxylic acids is 1. The van der Waals surface area contributed by atoms with E-state index in [-0.39, 0.29) is 5.91 Å². The van der Waals surface area contributed by atoms with Crippen molar-refractivity contribution in [3.05, 3.63) is 64.7 Å². The molecule has 120 valence electrons. The van der Waals surface area contributed by atoms with Gasteiger partial charge in [-0.1, -0.05) is 23.8 Å². The maximum atomic E-state index is 11.9. The predicted molar refractivity (Wildman–Crippen MR) is 93.0 cm³/mol. The zero-order valence-corrected chi connectivity index (χ0v) is 13.8. The lowest BCUT2D eigenvalue weighted by atomic mass is 10.0. The van der Waals surface area contributed by atoms with Crippen LogP contribution in [-0.4, -0.2) is 18.7 Å². The average Bonchev–Trinajstić information content (AvgIpc) is 2.52. The zero-order chi connectivity index (χ0) is 16.7. The summed E-state index contributed by atoms with van der Waals surface area (Å²) < 4.78 is 5.38. The van der Waals surface area contributed by atoms with E-state index in [4.69, 9.17) is 4.74 Å². The molecule has 1 amide bonds. The van der Waals surface area contributed by atoms with Crippen LogP contribution in [0.4, 0.5) is 0 Å². The standard InChI is InChI=1S/C19H22N2O2/c1-4-23-18-9-6-16(7-10-18)13-20-21-19(22)12-17-8-5-14(2)11-15(17)3/h5-11,13H,4,12H2,1-3H3,(H,21,22)/b20-13-. The van der Waals surface area contributed by atoms with Crippen LogP contribution in [0.15, 0.2) is 47.6 Å². The minimum Gasteiger partial charge on any atom is -0.494 e. The quantitative estimate of drug-likeness (QED) is 0.657. The van der Waals surface area contributed by atoms with Crippen LogP contribution in [-0.2, 0) is 11.2 Å². The van der Waals surface area contributed by atoms with E-state index in [0.29, 0.717) is 13.0 Å². The van der Waals surface area contributed by atoms with E-state index in [0.717, 1.165) is 22.4 Å². The van der Waals surface area contributed by atoms with Crippen molar-refractivity contribution in [1.82, 2.24) is 5.43 Å². The van der Waals surface area contributed by atoms with Crippen LogP contribution in [0.2, 0.25) is 0 Å². The number of nitrogens with one attached hydrogen (secondary N) is 1. The van der Waals surface area contributed by atoms with Crippen LogP contribution in [0, 0.1) is 13.8 Å². The molecule has 0 saturated carbocycles. The molecule has 2 rings (SSSR count). The van der Waals surface area contributed by atoms with Crippen molar-refractivity contribution in [3.63, 3.8) is 0 Å². The molecule has 0 saturated heterocycles. The fraction of sp³-hybridized carbons (Fsp3) is 0.263. The number of benzene rings is 2. The lowest BCUT2D eigenvalue weighted by Crippen LogP contribution is -2.20. The fourth-order valence-corrected chi connectivity index (χ4v) is 2.25. The summed E-state index contributed by atoms with van der Waals surface area (Å²) in [6, 6.07) is 13.6. The van der Waals surface area contributed by atoms with Crippen molar-refractivity contribution in [1.29, 1.82) is 0 Å². The predicted octanol–water partition coefficient (Wildman–Crippen LogP) is 3.39. The summed E-state index contributed by atoms with van der Waals surface area (Å²) in [5.74, 6) is 0.697. The molecular formula is C19H22N2O2. The SMILES string of the molecule is CCOc1ccc(/C=N\NC(=O)Cc2ccc(C)cc2C)cc1. The van der Waals surface area contributed by atoms with Gasteiger partial charge in [-0.2, -0.15) is 5.10 Å². The highest BCUT2D eigenvalue weighted by molar-refractivity contribution is 5.83. The Hall–Kier alpha value is -2.62. The number of aryl methyl sites for hydroxylation is 2. The zero-order valence-electron chi connectivity index (χ0n) is 13.8. The summed E-state index contributed by atoms with van der Waals surface area (Å²) in [5, 5.41) is 4.00. The number of nitrogens with zero attached hydrogens (tertiary/aromatic N) is 1. The molecule has 0 aliphatic rings. The Kier molecular flexibility index (Phi) is 5.92. The number of rotatable bonds is 6. The van der Waals surface area contributed by atoms with Crippen molar-refractivity contribution in [3.8, 4) is 5.75 Å². The summed E-state index contributed by atoms with van der Waals surface area (Å²) >= 11 is 0. The van der Waals surface area contributed by atoms with Gasteiger partial charge in [-0.25, -0.2) is 5.43 Å². The van der Waals surface area contributed by atoms with Crippen LogP contribution in [0.1, 0.15) is 29.2 Å². The Balaban J connectivity index is 1.88. The molecule has 0 radical (unpaired) electrons. The van der Waals surface area contributed by atoms with E-state index in [2.05, 4.69) is 16.6 Å². The van der Waals surface area contributed by atoms with Gasteiger partial charge in [0.25, 0.3) is 0 Å². The molecule has 0 aliphatic heterocycles. The van der Waals surface area contributed by atoms with Gasteiger partial charge in [0.05, 0.1) is 19.2 Å². The molecule has 1 N–H and O–H groups in total. The van der Waals surface area contributed by atoms with Crippen LogP contribution >= 0.6 is 0 Å². The summed E-state index contributed by atoms with van der Waals surface area (Å²) in [6.07, 6.45) is 1.95. The van der Waals surface area contributed by atoms with Crippen LogP contribution in [0.5, 0.6) is 5.75 Å². The number of hydrogen-bond donors (Lipinski definition) is 1. The van der Waals surface area contributed by atoms with E-state index in [9.17, 15) is 4.79 Å². The van der Waals surface area contributed by atoms with Crippen LogP contribution in [0.3, 0.4) is 0 Å². The Labute approximate surface area is 137 Å². The number of hydrogen-bond acceptors (Lipinski definition) is 3. The maximum absolute atomic E-state index is 11.9. The molecule has 4 nitrogen and oxygen atoms in total. The van der Waals surface area contributed by atoms with Crippen LogP contribution < -0.4 is 10.2 Å². The van der Waals surface area contributed by atoms with Gasteiger partial charge < -0.3 is 4.74 Å². The van der Waals surface area contributed by atoms with Gasteiger partial charge in [0, 0.05) is 0 Å². The first-order chi connectivity index (χ1) is 11.1. The molecule has 2 aromatic rings. The number of carbonyl (C=O) groups is 1. The molecule has 0 atom stereocenters. The van der Waals surface area contributed by atoms with Gasteiger partial charge in [-0.3, -0.25) is 4.79 Å². The van der Waals surface area contributed by atoms with E-state index in [1.807, 2.05) is 57.2 Å². The third-order valence-electron chi connectivity index (χ3n) is 3.44. The molecule has 0 aromatic heterocycles. The highest BCUT2D eigenvalue weighted by Gasteiger charge is 2.05. The Bertz CT molecular complexity index is 691. The highest BCUT2D eigenvalue weighted by Crippen LogP contribution is 2.12. The second kappa shape index (κ2) is 8.13. The Morgan fingerprint density at radius 3 is 2.57 bits per heavy atom. The minimum atomic E-state index is -0.126. The molecular weight excluding hydrogens is 288 g/mol. The van der Waals surface area contributed by atoms with Gasteiger partial charge in [-0.05, 0) is 61.7 Å². The monoisotopic (exact) mass is 310 g/mol. The summed E-state index contributed by atoms with van der Waals surface area (Å²) in [4.78, 5) is 11.9. The third-order valence-corrected chi connectivity index (χ3v) is 3.44. The van der Waals surface area contributed by atoms with E-state index in [1.54, 1.807) is 6.21 Å². The van der Waals surface area contributed by atoms with Crippen molar-refractivity contribution in [2.24, 2.45) is 5.10 Å². The van der Waals surface area contributed by atoms with Gasteiger partial charge in [0.15, 0.2) is 0 Å². The number of amides is 1. The second-order valence-electron chi connectivity index (χ2n) is 5.40. The summed E-state index contributed by atoms with van der Waals surface area (Å²) in [7, 11) is 0. The number of ether oxygens (including phenoxy) is 1. The molecule has 0 spiro atoms. The minimum absolute atomic E-state index is 0.126. The van der Waals surface area contributed by atoms with E-state index < -0.39 is 0 Å². The number of hydrazone groups is 1. The van der Waals surface area contributed by atoms with Crippen molar-refractivity contribution in [2.45, 2.75) is 27.2 Å². The lowest BCUT2D eigenvalue weighted by Gasteiger charge is -2.05. The topological polar surface area (TPSA) is 50.7 Å². The van der Waals surface area contributed by atoms with E-state index in [1.165, 1.54) is 5.56 Å². The molecule has 0 bridgehead atoms.